The third-order valence-electron chi connectivity index (χ3n) is 5.58. The van der Waals surface area contributed by atoms with E-state index in [1.165, 1.54) is 0 Å². The predicted molar refractivity (Wildman–Crippen MR) is 120 cm³/mol. The molecule has 1 aliphatic rings. The maximum absolute atomic E-state index is 13.7. The summed E-state index contributed by atoms with van der Waals surface area (Å²) < 4.78 is 5.31. The molecule has 0 saturated heterocycles. The first-order chi connectivity index (χ1) is 13.9. The highest BCUT2D eigenvalue weighted by Gasteiger charge is 2.37. The quantitative estimate of drug-likeness (QED) is 0.614. The van der Waals surface area contributed by atoms with Gasteiger partial charge in [0.15, 0.2) is 0 Å². The van der Waals surface area contributed by atoms with Gasteiger partial charge in [0.1, 0.15) is 5.75 Å². The van der Waals surface area contributed by atoms with Crippen LogP contribution in [0.15, 0.2) is 55.1 Å². The summed E-state index contributed by atoms with van der Waals surface area (Å²) >= 11 is 6.33. The van der Waals surface area contributed by atoms with Crippen molar-refractivity contribution in [3.63, 3.8) is 0 Å². The van der Waals surface area contributed by atoms with Gasteiger partial charge in [0, 0.05) is 29.7 Å². The first-order valence-corrected chi connectivity index (χ1v) is 10.3. The van der Waals surface area contributed by atoms with Gasteiger partial charge in [-0.25, -0.2) is 0 Å². The van der Waals surface area contributed by atoms with E-state index in [9.17, 15) is 4.79 Å². The van der Waals surface area contributed by atoms with Gasteiger partial charge < -0.3 is 14.5 Å². The number of benzene rings is 2. The zero-order chi connectivity index (χ0) is 21.0. The lowest BCUT2D eigenvalue weighted by Gasteiger charge is -2.29. The first kappa shape index (κ1) is 21.4. The van der Waals surface area contributed by atoms with E-state index in [2.05, 4.69) is 23.6 Å². The van der Waals surface area contributed by atoms with Crippen LogP contribution in [-0.2, 0) is 11.2 Å². The number of anilines is 1. The summed E-state index contributed by atoms with van der Waals surface area (Å²) in [6.07, 6.45) is 3.24. The minimum absolute atomic E-state index is 0.0491. The van der Waals surface area contributed by atoms with Crippen LogP contribution in [0.1, 0.15) is 23.5 Å². The third kappa shape index (κ3) is 4.82. The van der Waals surface area contributed by atoms with Gasteiger partial charge in [0.05, 0.1) is 7.11 Å². The van der Waals surface area contributed by atoms with Gasteiger partial charge in [-0.2, -0.15) is 0 Å². The van der Waals surface area contributed by atoms with Crippen molar-refractivity contribution in [2.45, 2.75) is 18.8 Å². The lowest BCUT2D eigenvalue weighted by Crippen LogP contribution is -2.41. The van der Waals surface area contributed by atoms with E-state index in [0.717, 1.165) is 35.5 Å². The monoisotopic (exact) mass is 412 g/mol. The van der Waals surface area contributed by atoms with Crippen LogP contribution in [0.4, 0.5) is 5.69 Å². The Labute approximate surface area is 178 Å². The topological polar surface area (TPSA) is 32.8 Å². The molecule has 3 rings (SSSR count). The van der Waals surface area contributed by atoms with Crippen molar-refractivity contribution in [2.75, 3.05) is 39.2 Å². The van der Waals surface area contributed by atoms with Crippen LogP contribution in [0.5, 0.6) is 5.75 Å². The zero-order valence-corrected chi connectivity index (χ0v) is 18.2. The number of halogens is 1. The maximum atomic E-state index is 13.7. The summed E-state index contributed by atoms with van der Waals surface area (Å²) in [6, 6.07) is 13.9. The second-order valence-electron chi connectivity index (χ2n) is 7.78. The largest absolute Gasteiger partial charge is 0.497 e. The highest BCUT2D eigenvalue weighted by atomic mass is 35.5. The molecule has 0 spiro atoms. The van der Waals surface area contributed by atoms with E-state index in [-0.39, 0.29) is 17.7 Å². The van der Waals surface area contributed by atoms with E-state index >= 15 is 0 Å². The van der Waals surface area contributed by atoms with Crippen LogP contribution in [0, 0.1) is 5.92 Å². The van der Waals surface area contributed by atoms with Crippen LogP contribution in [0.3, 0.4) is 0 Å². The first-order valence-electron chi connectivity index (χ1n) is 9.94. The number of nitrogens with zero attached hydrogens (tertiary/aromatic N) is 2. The van der Waals surface area contributed by atoms with Crippen molar-refractivity contribution in [1.29, 1.82) is 0 Å². The average Bonchev–Trinajstić information content (AvgIpc) is 2.81. The molecule has 5 heteroatoms. The number of carbonyl (C=O) groups excluding carboxylic acids is 1. The summed E-state index contributed by atoms with van der Waals surface area (Å²) in [7, 11) is 5.70. The average molecular weight is 413 g/mol. The molecule has 0 N–H and O–H groups in total. The van der Waals surface area contributed by atoms with Gasteiger partial charge in [-0.05, 0) is 74.3 Å². The molecule has 0 bridgehead atoms. The molecule has 4 nitrogen and oxygen atoms in total. The van der Waals surface area contributed by atoms with Gasteiger partial charge in [0.25, 0.3) is 0 Å². The number of fused-ring (bicyclic) bond motifs is 1. The van der Waals surface area contributed by atoms with Crippen LogP contribution in [0.2, 0.25) is 5.02 Å². The SMILES string of the molecule is C=CC[C@@H]1C(=O)N(CCN(C)C)c2ccc(Cl)cc2C[C@@H]1c1ccc(OC)cc1. The number of hydrogen-bond donors (Lipinski definition) is 0. The Kier molecular flexibility index (Phi) is 6.99. The molecule has 2 atom stereocenters. The molecule has 0 saturated carbocycles. The van der Waals surface area contributed by atoms with Gasteiger partial charge in [-0.15, -0.1) is 6.58 Å². The Balaban J connectivity index is 2.07. The smallest absolute Gasteiger partial charge is 0.231 e. The van der Waals surface area contributed by atoms with Gasteiger partial charge in [0.2, 0.25) is 5.91 Å². The number of amides is 1. The van der Waals surface area contributed by atoms with E-state index in [1.54, 1.807) is 7.11 Å². The molecule has 29 heavy (non-hydrogen) atoms. The molecule has 1 heterocycles. The van der Waals surface area contributed by atoms with Crippen molar-refractivity contribution >= 4 is 23.2 Å². The lowest BCUT2D eigenvalue weighted by atomic mass is 9.80. The molecule has 1 aliphatic heterocycles. The third-order valence-corrected chi connectivity index (χ3v) is 5.81. The zero-order valence-electron chi connectivity index (χ0n) is 17.4. The highest BCUT2D eigenvalue weighted by molar-refractivity contribution is 6.30. The number of carbonyl (C=O) groups is 1. The molecule has 2 aromatic rings. The number of rotatable bonds is 7. The van der Waals surface area contributed by atoms with Gasteiger partial charge in [-0.1, -0.05) is 29.8 Å². The molecular formula is C24H29ClN2O2. The molecule has 2 aromatic carbocycles. The van der Waals surface area contributed by atoms with Crippen LogP contribution < -0.4 is 9.64 Å². The Morgan fingerprint density at radius 1 is 1.24 bits per heavy atom. The fraction of sp³-hybridized carbons (Fsp3) is 0.375. The highest BCUT2D eigenvalue weighted by Crippen LogP contribution is 2.40. The number of likely N-dealkylation sites (N-methyl/N-ethyl adjacent to an activating group) is 1. The fourth-order valence-electron chi connectivity index (χ4n) is 4.03. The lowest BCUT2D eigenvalue weighted by molar-refractivity contribution is -0.122. The number of ether oxygens (including phenoxy) is 1. The van der Waals surface area contributed by atoms with E-state index < -0.39 is 0 Å². The summed E-state index contributed by atoms with van der Waals surface area (Å²) in [5.41, 5.74) is 3.20. The molecular weight excluding hydrogens is 384 g/mol. The number of methoxy groups -OCH3 is 1. The van der Waals surface area contributed by atoms with Gasteiger partial charge >= 0.3 is 0 Å². The van der Waals surface area contributed by atoms with Crippen molar-refractivity contribution in [3.8, 4) is 5.75 Å². The van der Waals surface area contributed by atoms with Crippen LogP contribution in [0.25, 0.3) is 0 Å². The molecule has 0 radical (unpaired) electrons. The molecule has 0 aromatic heterocycles. The predicted octanol–water partition coefficient (Wildman–Crippen LogP) is 4.78. The summed E-state index contributed by atoms with van der Waals surface area (Å²) in [5.74, 6) is 0.834. The molecule has 0 fully saturated rings. The Morgan fingerprint density at radius 3 is 2.59 bits per heavy atom. The fourth-order valence-corrected chi connectivity index (χ4v) is 4.22. The summed E-state index contributed by atoms with van der Waals surface area (Å²) in [5, 5.41) is 0.694. The van der Waals surface area contributed by atoms with Gasteiger partial charge in [-0.3, -0.25) is 4.79 Å². The minimum Gasteiger partial charge on any atom is -0.497 e. The normalized spacial score (nSPS) is 19.1. The van der Waals surface area contributed by atoms with Crippen LogP contribution in [-0.4, -0.2) is 45.1 Å². The Bertz CT molecular complexity index is 864. The Hall–Kier alpha value is -2.30. The van der Waals surface area contributed by atoms with E-state index in [0.29, 0.717) is 18.0 Å². The molecule has 0 aliphatic carbocycles. The number of allylic oxidation sites excluding steroid dienone is 1. The van der Waals surface area contributed by atoms with Crippen molar-refractivity contribution < 1.29 is 9.53 Å². The second-order valence-corrected chi connectivity index (χ2v) is 8.22. The molecule has 1 amide bonds. The van der Waals surface area contributed by atoms with E-state index in [4.69, 9.17) is 16.3 Å². The second kappa shape index (κ2) is 9.47. The van der Waals surface area contributed by atoms with Crippen molar-refractivity contribution in [2.24, 2.45) is 5.92 Å². The molecule has 0 unspecified atom stereocenters. The summed E-state index contributed by atoms with van der Waals surface area (Å²) in [4.78, 5) is 17.7. The van der Waals surface area contributed by atoms with E-state index in [1.807, 2.05) is 55.4 Å². The summed E-state index contributed by atoms with van der Waals surface area (Å²) in [6.45, 7) is 5.35. The Morgan fingerprint density at radius 2 is 1.97 bits per heavy atom. The standard InChI is InChI=1S/C24H29ClN2O2/c1-5-6-21-22(17-7-10-20(29-4)11-8-17)16-18-15-19(25)9-12-23(18)27(24(21)28)14-13-26(2)3/h5,7-12,15,21-22H,1,6,13-14,16H2,2-4H3/t21-,22+/m0/s1. The maximum Gasteiger partial charge on any atom is 0.231 e. The van der Waals surface area contributed by atoms with Crippen molar-refractivity contribution in [3.05, 3.63) is 71.3 Å². The number of hydrogen-bond acceptors (Lipinski definition) is 3. The van der Waals surface area contributed by atoms with Crippen molar-refractivity contribution in [1.82, 2.24) is 4.90 Å². The van der Waals surface area contributed by atoms with Crippen LogP contribution >= 0.6 is 11.6 Å². The molecule has 154 valence electrons. The minimum atomic E-state index is -0.172.